The molecule has 0 bridgehead atoms. The minimum absolute atomic E-state index is 0.00570. The standard InChI is InChI=1S/C20H17F3N2O7S/c1-19(2)17(26)16(24-9-10-3-4-11(25(28)29)7-13(10)18(24)27)14-8-12(5-6-15(14)32-19)33(30,31)20(21,22)23/h3-8,16-17,26H,9H2,1-2H3/t16-,17+/m1/s1. The number of amides is 1. The Kier molecular flexibility index (Phi) is 4.98. The number of nitrogens with zero attached hydrogens (tertiary/aromatic N) is 2. The predicted octanol–water partition coefficient (Wildman–Crippen LogP) is 3.12. The quantitative estimate of drug-likeness (QED) is 0.522. The number of rotatable bonds is 3. The Bertz CT molecular complexity index is 1290. The number of aliphatic hydroxyl groups is 1. The van der Waals surface area contributed by atoms with Crippen LogP contribution in [-0.4, -0.2) is 46.5 Å². The number of nitro benzene ring substituents is 1. The van der Waals surface area contributed by atoms with Crippen LogP contribution in [0.2, 0.25) is 0 Å². The van der Waals surface area contributed by atoms with Gasteiger partial charge in [0, 0.05) is 24.2 Å². The van der Waals surface area contributed by atoms with E-state index in [1.165, 1.54) is 26.0 Å². The van der Waals surface area contributed by atoms with Gasteiger partial charge in [0.15, 0.2) is 0 Å². The first-order chi connectivity index (χ1) is 15.1. The number of carbonyl (C=O) groups excluding carboxylic acids is 1. The highest BCUT2D eigenvalue weighted by Gasteiger charge is 2.51. The number of alkyl halides is 3. The van der Waals surface area contributed by atoms with E-state index in [9.17, 15) is 41.6 Å². The summed E-state index contributed by atoms with van der Waals surface area (Å²) in [5.41, 5.74) is -6.85. The first-order valence-electron chi connectivity index (χ1n) is 9.56. The highest BCUT2D eigenvalue weighted by atomic mass is 32.2. The maximum Gasteiger partial charge on any atom is 0.501 e. The summed E-state index contributed by atoms with van der Waals surface area (Å²) in [4.78, 5) is 23.6. The molecule has 0 unspecified atom stereocenters. The lowest BCUT2D eigenvalue weighted by atomic mass is 9.85. The zero-order chi connectivity index (χ0) is 24.5. The van der Waals surface area contributed by atoms with Crippen LogP contribution in [0, 0.1) is 10.1 Å². The van der Waals surface area contributed by atoms with Crippen molar-refractivity contribution in [3.8, 4) is 5.75 Å². The first kappa shape index (κ1) is 23.0. The van der Waals surface area contributed by atoms with E-state index in [-0.39, 0.29) is 29.1 Å². The molecule has 1 amide bonds. The summed E-state index contributed by atoms with van der Waals surface area (Å²) in [5, 5.41) is 22.1. The molecular weight excluding hydrogens is 469 g/mol. The van der Waals surface area contributed by atoms with Crippen molar-refractivity contribution >= 4 is 21.4 Å². The molecule has 1 N–H and O–H groups in total. The summed E-state index contributed by atoms with van der Waals surface area (Å²) in [6, 6.07) is 4.94. The average molecular weight is 486 g/mol. The van der Waals surface area contributed by atoms with Gasteiger partial charge in [-0.25, -0.2) is 8.42 Å². The van der Waals surface area contributed by atoms with E-state index in [4.69, 9.17) is 4.74 Å². The lowest BCUT2D eigenvalue weighted by Crippen LogP contribution is -2.53. The van der Waals surface area contributed by atoms with Crippen molar-refractivity contribution in [2.24, 2.45) is 0 Å². The van der Waals surface area contributed by atoms with E-state index < -0.39 is 48.8 Å². The van der Waals surface area contributed by atoms with Gasteiger partial charge in [0.05, 0.1) is 21.4 Å². The molecule has 13 heteroatoms. The van der Waals surface area contributed by atoms with E-state index >= 15 is 0 Å². The molecule has 2 aliphatic rings. The number of carbonyl (C=O) groups is 1. The second-order valence-electron chi connectivity index (χ2n) is 8.28. The van der Waals surface area contributed by atoms with Gasteiger partial charge in [-0.3, -0.25) is 14.9 Å². The second-order valence-corrected chi connectivity index (χ2v) is 10.2. The van der Waals surface area contributed by atoms with Crippen molar-refractivity contribution in [1.82, 2.24) is 4.90 Å². The number of nitro groups is 1. The van der Waals surface area contributed by atoms with Crippen LogP contribution in [0.1, 0.15) is 41.4 Å². The molecule has 0 aliphatic carbocycles. The largest absolute Gasteiger partial charge is 0.501 e. The molecule has 176 valence electrons. The molecule has 2 aliphatic heterocycles. The van der Waals surface area contributed by atoms with Gasteiger partial charge in [-0.1, -0.05) is 0 Å². The topological polar surface area (TPSA) is 127 Å². The van der Waals surface area contributed by atoms with E-state index in [1.807, 2.05) is 0 Å². The first-order valence-corrected chi connectivity index (χ1v) is 11.0. The zero-order valence-electron chi connectivity index (χ0n) is 17.2. The Morgan fingerprint density at radius 3 is 2.48 bits per heavy atom. The number of ether oxygens (including phenoxy) is 1. The van der Waals surface area contributed by atoms with Crippen molar-refractivity contribution in [1.29, 1.82) is 0 Å². The molecule has 0 aromatic heterocycles. The third-order valence-corrected chi connectivity index (χ3v) is 7.26. The molecule has 0 spiro atoms. The summed E-state index contributed by atoms with van der Waals surface area (Å²) in [6.45, 7) is 2.92. The number of fused-ring (bicyclic) bond motifs is 2. The molecule has 0 saturated carbocycles. The van der Waals surface area contributed by atoms with Crippen LogP contribution in [0.4, 0.5) is 18.9 Å². The SMILES string of the molecule is CC1(C)Oc2ccc(S(=O)(=O)C(F)(F)F)cc2[C@@H](N2Cc3ccc([N+](=O)[O-])cc3C2=O)[C@@H]1O. The Hall–Kier alpha value is -3.19. The average Bonchev–Trinajstić information content (AvgIpc) is 3.03. The molecule has 0 saturated heterocycles. The number of hydrogen-bond acceptors (Lipinski definition) is 7. The van der Waals surface area contributed by atoms with Crippen molar-refractivity contribution in [2.75, 3.05) is 0 Å². The van der Waals surface area contributed by atoms with Gasteiger partial charge >= 0.3 is 5.51 Å². The molecule has 0 radical (unpaired) electrons. The van der Waals surface area contributed by atoms with Crippen LogP contribution in [0.25, 0.3) is 0 Å². The Labute approximate surface area is 185 Å². The number of benzene rings is 2. The van der Waals surface area contributed by atoms with Crippen molar-refractivity contribution < 1.29 is 41.2 Å². The Balaban J connectivity index is 1.85. The summed E-state index contributed by atoms with van der Waals surface area (Å²) in [7, 11) is -5.70. The minimum atomic E-state index is -5.70. The smallest absolute Gasteiger partial charge is 0.485 e. The van der Waals surface area contributed by atoms with Gasteiger partial charge < -0.3 is 14.7 Å². The van der Waals surface area contributed by atoms with E-state index in [2.05, 4.69) is 0 Å². The van der Waals surface area contributed by atoms with Crippen LogP contribution < -0.4 is 4.74 Å². The number of aliphatic hydroxyl groups excluding tert-OH is 1. The van der Waals surface area contributed by atoms with E-state index in [1.54, 1.807) is 0 Å². The van der Waals surface area contributed by atoms with Crippen LogP contribution in [0.5, 0.6) is 5.75 Å². The van der Waals surface area contributed by atoms with Gasteiger partial charge in [0.1, 0.15) is 17.5 Å². The summed E-state index contributed by atoms with van der Waals surface area (Å²) in [5.74, 6) is -0.684. The number of sulfone groups is 1. The predicted molar refractivity (Wildman–Crippen MR) is 106 cm³/mol. The van der Waals surface area contributed by atoms with Gasteiger partial charge in [0.25, 0.3) is 21.4 Å². The fourth-order valence-corrected chi connectivity index (χ4v) is 4.83. The minimum Gasteiger partial charge on any atom is -0.485 e. The Morgan fingerprint density at radius 2 is 1.88 bits per heavy atom. The van der Waals surface area contributed by atoms with Gasteiger partial charge in [0.2, 0.25) is 0 Å². The fourth-order valence-electron chi connectivity index (χ4n) is 4.03. The highest BCUT2D eigenvalue weighted by Crippen LogP contribution is 2.47. The van der Waals surface area contributed by atoms with Crippen molar-refractivity contribution in [3.05, 3.63) is 63.2 Å². The number of halogens is 3. The number of hydrogen-bond donors (Lipinski definition) is 1. The molecule has 2 atom stereocenters. The van der Waals surface area contributed by atoms with Crippen molar-refractivity contribution in [3.63, 3.8) is 0 Å². The highest BCUT2D eigenvalue weighted by molar-refractivity contribution is 7.92. The summed E-state index contributed by atoms with van der Waals surface area (Å²) >= 11 is 0. The van der Waals surface area contributed by atoms with Gasteiger partial charge in [-0.2, -0.15) is 13.2 Å². The molecule has 33 heavy (non-hydrogen) atoms. The molecule has 2 aromatic carbocycles. The fraction of sp³-hybridized carbons (Fsp3) is 0.350. The van der Waals surface area contributed by atoms with Gasteiger partial charge in [-0.15, -0.1) is 0 Å². The lowest BCUT2D eigenvalue weighted by molar-refractivity contribution is -0.384. The maximum absolute atomic E-state index is 13.1. The molecular formula is C20H17F3N2O7S. The normalized spacial score (nSPS) is 21.9. The third-order valence-electron chi connectivity index (χ3n) is 5.77. The Morgan fingerprint density at radius 1 is 1.21 bits per heavy atom. The summed E-state index contributed by atoms with van der Waals surface area (Å²) in [6.07, 6.45) is -1.46. The van der Waals surface area contributed by atoms with E-state index in [0.717, 1.165) is 29.2 Å². The van der Waals surface area contributed by atoms with Crippen LogP contribution in [0.15, 0.2) is 41.3 Å². The molecule has 2 aromatic rings. The second kappa shape index (κ2) is 7.15. The zero-order valence-corrected chi connectivity index (χ0v) is 18.0. The molecule has 9 nitrogen and oxygen atoms in total. The van der Waals surface area contributed by atoms with Crippen LogP contribution in [0.3, 0.4) is 0 Å². The maximum atomic E-state index is 13.1. The van der Waals surface area contributed by atoms with Crippen LogP contribution in [-0.2, 0) is 16.4 Å². The molecule has 4 rings (SSSR count). The van der Waals surface area contributed by atoms with E-state index in [0.29, 0.717) is 5.56 Å². The number of non-ortho nitro benzene ring substituents is 1. The van der Waals surface area contributed by atoms with Crippen molar-refractivity contribution in [2.45, 2.75) is 48.5 Å². The lowest BCUT2D eigenvalue weighted by Gasteiger charge is -2.45. The van der Waals surface area contributed by atoms with Crippen LogP contribution >= 0.6 is 0 Å². The molecule has 0 fully saturated rings. The van der Waals surface area contributed by atoms with Gasteiger partial charge in [-0.05, 0) is 43.7 Å². The summed E-state index contributed by atoms with van der Waals surface area (Å²) < 4.78 is 68.9. The third kappa shape index (κ3) is 3.51. The monoisotopic (exact) mass is 486 g/mol. The molecule has 2 heterocycles.